The van der Waals surface area contributed by atoms with Crippen LogP contribution in [-0.2, 0) is 11.2 Å². The fourth-order valence-electron chi connectivity index (χ4n) is 2.10. The maximum Gasteiger partial charge on any atom is 0.232 e. The van der Waals surface area contributed by atoms with Crippen molar-refractivity contribution in [1.29, 1.82) is 0 Å². The number of hydrogen-bond donors (Lipinski definition) is 1. The number of pyridine rings is 1. The Morgan fingerprint density at radius 2 is 1.85 bits per heavy atom. The van der Waals surface area contributed by atoms with Crippen LogP contribution in [0.1, 0.15) is 16.8 Å². The number of benzene rings is 1. The van der Waals surface area contributed by atoms with Gasteiger partial charge in [0, 0.05) is 18.4 Å². The molecule has 0 spiro atoms. The minimum Gasteiger partial charge on any atom is -0.397 e. The first-order valence-corrected chi connectivity index (χ1v) is 6.51. The van der Waals surface area contributed by atoms with E-state index in [1.165, 1.54) is 0 Å². The number of carbonyl (C=O) groups excluding carboxylic acids is 1. The normalized spacial score (nSPS) is 10.3. The Labute approximate surface area is 119 Å². The Hall–Kier alpha value is -2.36. The quantitative estimate of drug-likeness (QED) is 0.931. The first-order valence-electron chi connectivity index (χ1n) is 6.51. The number of aryl methyl sites for hydroxylation is 2. The molecule has 4 nitrogen and oxygen atoms in total. The fourth-order valence-corrected chi connectivity index (χ4v) is 2.10. The van der Waals surface area contributed by atoms with Gasteiger partial charge in [-0.2, -0.15) is 0 Å². The molecule has 2 N–H and O–H groups in total. The van der Waals surface area contributed by atoms with E-state index in [2.05, 4.69) is 11.1 Å². The molecule has 1 aromatic carbocycles. The van der Waals surface area contributed by atoms with Gasteiger partial charge in [-0.3, -0.25) is 9.78 Å². The second-order valence-electron chi connectivity index (χ2n) is 5.06. The molecule has 0 atom stereocenters. The van der Waals surface area contributed by atoms with E-state index in [1.807, 2.05) is 26.0 Å². The minimum absolute atomic E-state index is 0.00673. The van der Waals surface area contributed by atoms with E-state index < -0.39 is 0 Å². The monoisotopic (exact) mass is 269 g/mol. The molecule has 104 valence electrons. The number of carbonyl (C=O) groups is 1. The second-order valence-corrected chi connectivity index (χ2v) is 5.06. The van der Waals surface area contributed by atoms with E-state index in [1.54, 1.807) is 30.3 Å². The highest BCUT2D eigenvalue weighted by molar-refractivity contribution is 5.94. The van der Waals surface area contributed by atoms with Crippen LogP contribution in [0.25, 0.3) is 0 Å². The third kappa shape index (κ3) is 3.35. The fraction of sp³-hybridized carbons (Fsp3) is 0.250. The van der Waals surface area contributed by atoms with E-state index in [-0.39, 0.29) is 12.3 Å². The summed E-state index contributed by atoms with van der Waals surface area (Å²) in [4.78, 5) is 18.1. The van der Waals surface area contributed by atoms with Crippen LogP contribution in [0.15, 0.2) is 36.5 Å². The number of hydrogen-bond acceptors (Lipinski definition) is 3. The van der Waals surface area contributed by atoms with Crippen LogP contribution in [0.4, 0.5) is 11.4 Å². The standard InChI is InChI=1S/C16H19N3O/c1-11-6-12(2)8-15(7-11)19(3)16(20)9-14-5-4-13(17)10-18-14/h4-8,10H,9,17H2,1-3H3. The van der Waals surface area contributed by atoms with E-state index in [4.69, 9.17) is 5.73 Å². The zero-order valence-corrected chi connectivity index (χ0v) is 12.1. The molecule has 2 aromatic rings. The molecule has 1 heterocycles. The summed E-state index contributed by atoms with van der Waals surface area (Å²) in [5, 5.41) is 0. The molecule has 0 saturated heterocycles. The first-order chi connectivity index (χ1) is 9.45. The van der Waals surface area contributed by atoms with Crippen molar-refractivity contribution in [3.8, 4) is 0 Å². The number of anilines is 2. The molecule has 0 radical (unpaired) electrons. The number of nitrogens with zero attached hydrogens (tertiary/aromatic N) is 2. The van der Waals surface area contributed by atoms with Gasteiger partial charge >= 0.3 is 0 Å². The van der Waals surface area contributed by atoms with Gasteiger partial charge in [-0.1, -0.05) is 6.07 Å². The SMILES string of the molecule is Cc1cc(C)cc(N(C)C(=O)Cc2ccc(N)cn2)c1. The molecule has 0 bridgehead atoms. The molecule has 0 aliphatic heterocycles. The van der Waals surface area contributed by atoms with Crippen molar-refractivity contribution in [3.05, 3.63) is 53.3 Å². The van der Waals surface area contributed by atoms with Gasteiger partial charge in [0.05, 0.1) is 18.3 Å². The van der Waals surface area contributed by atoms with Crippen molar-refractivity contribution in [3.63, 3.8) is 0 Å². The first kappa shape index (κ1) is 14.1. The summed E-state index contributed by atoms with van der Waals surface area (Å²) >= 11 is 0. The lowest BCUT2D eigenvalue weighted by Crippen LogP contribution is -2.28. The van der Waals surface area contributed by atoms with Crippen molar-refractivity contribution in [2.45, 2.75) is 20.3 Å². The van der Waals surface area contributed by atoms with Crippen LogP contribution in [0.3, 0.4) is 0 Å². The Morgan fingerprint density at radius 1 is 1.20 bits per heavy atom. The molecular weight excluding hydrogens is 250 g/mol. The maximum atomic E-state index is 12.3. The highest BCUT2D eigenvalue weighted by atomic mass is 16.2. The molecule has 1 amide bonds. The van der Waals surface area contributed by atoms with E-state index >= 15 is 0 Å². The summed E-state index contributed by atoms with van der Waals surface area (Å²) < 4.78 is 0. The van der Waals surface area contributed by atoms with Crippen molar-refractivity contribution in [2.75, 3.05) is 17.7 Å². The van der Waals surface area contributed by atoms with E-state index in [0.717, 1.165) is 22.5 Å². The summed E-state index contributed by atoms with van der Waals surface area (Å²) in [7, 11) is 1.79. The predicted octanol–water partition coefficient (Wildman–Crippen LogP) is 2.49. The van der Waals surface area contributed by atoms with Crippen molar-refractivity contribution in [1.82, 2.24) is 4.98 Å². The number of rotatable bonds is 3. The van der Waals surface area contributed by atoms with Gasteiger partial charge in [-0.25, -0.2) is 0 Å². The number of likely N-dealkylation sites (N-methyl/N-ethyl adjacent to an activating group) is 1. The topological polar surface area (TPSA) is 59.2 Å². The second kappa shape index (κ2) is 5.74. The molecule has 1 aromatic heterocycles. The average Bonchev–Trinajstić information content (AvgIpc) is 2.39. The van der Waals surface area contributed by atoms with Gasteiger partial charge in [-0.05, 0) is 49.2 Å². The van der Waals surface area contributed by atoms with Gasteiger partial charge in [0.1, 0.15) is 0 Å². The average molecular weight is 269 g/mol. The Bertz CT molecular complexity index is 600. The third-order valence-electron chi connectivity index (χ3n) is 3.15. The van der Waals surface area contributed by atoms with E-state index in [9.17, 15) is 4.79 Å². The molecule has 20 heavy (non-hydrogen) atoms. The van der Waals surface area contributed by atoms with Crippen LogP contribution in [0.5, 0.6) is 0 Å². The van der Waals surface area contributed by atoms with Gasteiger partial charge < -0.3 is 10.6 Å². The number of nitrogens with two attached hydrogens (primary N) is 1. The summed E-state index contributed by atoms with van der Waals surface area (Å²) in [6.07, 6.45) is 1.84. The highest BCUT2D eigenvalue weighted by Crippen LogP contribution is 2.18. The molecule has 0 fully saturated rings. The lowest BCUT2D eigenvalue weighted by molar-refractivity contribution is -0.117. The predicted molar refractivity (Wildman–Crippen MR) is 81.7 cm³/mol. The largest absolute Gasteiger partial charge is 0.397 e. The number of aromatic nitrogens is 1. The van der Waals surface area contributed by atoms with Crippen LogP contribution in [-0.4, -0.2) is 17.9 Å². The third-order valence-corrected chi connectivity index (χ3v) is 3.15. The summed E-state index contributed by atoms with van der Waals surface area (Å²) in [5.74, 6) is 0.00673. The molecule has 0 saturated carbocycles. The van der Waals surface area contributed by atoms with Crippen molar-refractivity contribution < 1.29 is 4.79 Å². The zero-order chi connectivity index (χ0) is 14.7. The Kier molecular flexibility index (Phi) is 4.03. The smallest absolute Gasteiger partial charge is 0.232 e. The lowest BCUT2D eigenvalue weighted by Gasteiger charge is -2.18. The van der Waals surface area contributed by atoms with Crippen molar-refractivity contribution >= 4 is 17.3 Å². The van der Waals surface area contributed by atoms with Crippen LogP contribution < -0.4 is 10.6 Å². The Morgan fingerprint density at radius 3 is 2.40 bits per heavy atom. The Balaban J connectivity index is 2.14. The van der Waals surface area contributed by atoms with Gasteiger partial charge in [0.2, 0.25) is 5.91 Å². The summed E-state index contributed by atoms with van der Waals surface area (Å²) in [6.45, 7) is 4.05. The molecule has 2 rings (SSSR count). The van der Waals surface area contributed by atoms with Crippen molar-refractivity contribution in [2.24, 2.45) is 0 Å². The molecule has 0 unspecified atom stereocenters. The van der Waals surface area contributed by atoms with Crippen LogP contribution in [0, 0.1) is 13.8 Å². The molecule has 4 heteroatoms. The highest BCUT2D eigenvalue weighted by Gasteiger charge is 2.13. The summed E-state index contributed by atoms with van der Waals surface area (Å²) in [5.41, 5.74) is 10.1. The van der Waals surface area contributed by atoms with Crippen LogP contribution in [0.2, 0.25) is 0 Å². The molecular formula is C16H19N3O. The summed E-state index contributed by atoms with van der Waals surface area (Å²) in [6, 6.07) is 9.63. The number of nitrogen functional groups attached to an aromatic ring is 1. The van der Waals surface area contributed by atoms with Crippen LogP contribution >= 0.6 is 0 Å². The van der Waals surface area contributed by atoms with Gasteiger partial charge in [-0.15, -0.1) is 0 Å². The lowest BCUT2D eigenvalue weighted by atomic mass is 10.1. The minimum atomic E-state index is 0.00673. The number of amides is 1. The van der Waals surface area contributed by atoms with Gasteiger partial charge in [0.15, 0.2) is 0 Å². The molecule has 0 aliphatic carbocycles. The zero-order valence-electron chi connectivity index (χ0n) is 12.1. The molecule has 0 aliphatic rings. The van der Waals surface area contributed by atoms with Gasteiger partial charge in [0.25, 0.3) is 0 Å². The maximum absolute atomic E-state index is 12.3. The van der Waals surface area contributed by atoms with E-state index in [0.29, 0.717) is 5.69 Å².